The number of rotatable bonds is 2. The Balaban J connectivity index is 1.61. The van der Waals surface area contributed by atoms with Crippen LogP contribution in [0.4, 0.5) is 17.1 Å². The van der Waals surface area contributed by atoms with E-state index in [1.165, 1.54) is 0 Å². The molecule has 0 radical (unpaired) electrons. The van der Waals surface area contributed by atoms with E-state index in [4.69, 9.17) is 4.74 Å². The molecule has 0 aliphatic carbocycles. The van der Waals surface area contributed by atoms with Crippen molar-refractivity contribution in [2.45, 2.75) is 0 Å². The third kappa shape index (κ3) is 2.84. The molecule has 35 heavy (non-hydrogen) atoms. The van der Waals surface area contributed by atoms with Crippen LogP contribution in [0, 0.1) is 11.3 Å². The molecule has 1 aliphatic rings. The van der Waals surface area contributed by atoms with Gasteiger partial charge in [-0.15, -0.1) is 0 Å². The molecule has 1 aliphatic heterocycles. The topological polar surface area (TPSA) is 54.1 Å². The molecular formula is C30H18N4O. The van der Waals surface area contributed by atoms with E-state index in [2.05, 4.69) is 69.1 Å². The van der Waals surface area contributed by atoms with Gasteiger partial charge in [-0.25, -0.2) is 4.98 Å². The number of anilines is 3. The number of pyridine rings is 1. The summed E-state index contributed by atoms with van der Waals surface area (Å²) in [5.41, 5.74) is 6.43. The van der Waals surface area contributed by atoms with E-state index in [9.17, 15) is 5.26 Å². The fourth-order valence-corrected chi connectivity index (χ4v) is 5.00. The van der Waals surface area contributed by atoms with Crippen molar-refractivity contribution >= 4 is 38.9 Å². The molecule has 0 atom stereocenters. The minimum atomic E-state index is 0.394. The van der Waals surface area contributed by atoms with Crippen LogP contribution in [0.5, 0.6) is 11.5 Å². The Bertz CT molecular complexity index is 1750. The second kappa shape index (κ2) is 7.47. The Kier molecular flexibility index (Phi) is 4.14. The van der Waals surface area contributed by atoms with E-state index in [1.54, 1.807) is 12.3 Å². The van der Waals surface area contributed by atoms with Crippen LogP contribution in [-0.4, -0.2) is 9.55 Å². The summed E-state index contributed by atoms with van der Waals surface area (Å²) in [5.74, 6) is 1.62. The monoisotopic (exact) mass is 450 g/mol. The number of para-hydroxylation sites is 6. The zero-order chi connectivity index (χ0) is 23.4. The number of hydrogen-bond acceptors (Lipinski definition) is 4. The second-order valence-electron chi connectivity index (χ2n) is 8.41. The van der Waals surface area contributed by atoms with Crippen LogP contribution in [0.2, 0.25) is 0 Å². The molecule has 7 rings (SSSR count). The summed E-state index contributed by atoms with van der Waals surface area (Å²) in [6.45, 7) is 0. The smallest absolute Gasteiger partial charge is 0.151 e. The minimum Gasteiger partial charge on any atom is -0.453 e. The SMILES string of the molecule is N#Cc1ccc(-n2c3ccccc3c3cccc(N4c5ccccc5Oc5ccccc54)c32)cn1. The highest BCUT2D eigenvalue weighted by atomic mass is 16.5. The normalized spacial score (nSPS) is 12.1. The number of aromatic nitrogens is 2. The Labute approximate surface area is 201 Å². The number of hydrogen-bond donors (Lipinski definition) is 0. The summed E-state index contributed by atoms with van der Waals surface area (Å²) in [7, 11) is 0. The summed E-state index contributed by atoms with van der Waals surface area (Å²) >= 11 is 0. The number of fused-ring (bicyclic) bond motifs is 5. The number of ether oxygens (including phenoxy) is 1. The van der Waals surface area contributed by atoms with Gasteiger partial charge in [-0.05, 0) is 48.5 Å². The van der Waals surface area contributed by atoms with Crippen LogP contribution >= 0.6 is 0 Å². The zero-order valence-electron chi connectivity index (χ0n) is 18.6. The van der Waals surface area contributed by atoms with E-state index in [1.807, 2.05) is 48.5 Å². The van der Waals surface area contributed by atoms with Crippen molar-refractivity contribution in [1.82, 2.24) is 9.55 Å². The fourth-order valence-electron chi connectivity index (χ4n) is 5.00. The second-order valence-corrected chi connectivity index (χ2v) is 8.41. The number of nitrogens with zero attached hydrogens (tertiary/aromatic N) is 4. The summed E-state index contributed by atoms with van der Waals surface area (Å²) in [4.78, 5) is 6.63. The highest BCUT2D eigenvalue weighted by Gasteiger charge is 2.28. The molecule has 0 amide bonds. The van der Waals surface area contributed by atoms with E-state index in [-0.39, 0.29) is 0 Å². The van der Waals surface area contributed by atoms with Gasteiger partial charge in [0.05, 0.1) is 40.0 Å². The van der Waals surface area contributed by atoms with Gasteiger partial charge in [0.25, 0.3) is 0 Å². The standard InChI is InChI=1S/C30H18N4O/c31-18-20-16-17-21(19-32-20)33-24-10-2-1-8-22(24)23-9-7-13-27(30(23)33)34-25-11-3-5-14-28(25)35-29-15-6-4-12-26(29)34/h1-17,19H. The molecule has 2 aromatic heterocycles. The average molecular weight is 451 g/mol. The van der Waals surface area contributed by atoms with Crippen molar-refractivity contribution in [3.05, 3.63) is 115 Å². The van der Waals surface area contributed by atoms with Crippen molar-refractivity contribution in [2.75, 3.05) is 4.90 Å². The molecule has 0 fully saturated rings. The van der Waals surface area contributed by atoms with E-state index in [0.717, 1.165) is 56.1 Å². The lowest BCUT2D eigenvalue weighted by Crippen LogP contribution is -2.16. The first-order valence-corrected chi connectivity index (χ1v) is 11.4. The molecule has 0 spiro atoms. The first kappa shape index (κ1) is 19.4. The molecule has 0 N–H and O–H groups in total. The molecule has 0 saturated carbocycles. The largest absolute Gasteiger partial charge is 0.453 e. The van der Waals surface area contributed by atoms with Gasteiger partial charge < -0.3 is 14.2 Å². The van der Waals surface area contributed by atoms with Gasteiger partial charge in [-0.1, -0.05) is 54.6 Å². The first-order chi connectivity index (χ1) is 17.3. The molecule has 6 aromatic rings. The van der Waals surface area contributed by atoms with Gasteiger partial charge in [0.2, 0.25) is 0 Å². The molecule has 5 heteroatoms. The van der Waals surface area contributed by atoms with Crippen LogP contribution in [-0.2, 0) is 0 Å². The van der Waals surface area contributed by atoms with Crippen molar-refractivity contribution in [3.63, 3.8) is 0 Å². The van der Waals surface area contributed by atoms with Gasteiger partial charge in [0.1, 0.15) is 11.8 Å². The molecule has 164 valence electrons. The Hall–Kier alpha value is -5.08. The van der Waals surface area contributed by atoms with E-state index >= 15 is 0 Å². The van der Waals surface area contributed by atoms with Crippen molar-refractivity contribution in [3.8, 4) is 23.3 Å². The maximum atomic E-state index is 9.27. The first-order valence-electron chi connectivity index (χ1n) is 11.4. The lowest BCUT2D eigenvalue weighted by molar-refractivity contribution is 0.477. The van der Waals surface area contributed by atoms with Crippen LogP contribution in [0.15, 0.2) is 109 Å². The number of benzene rings is 4. The Morgan fingerprint density at radius 1 is 0.657 bits per heavy atom. The third-order valence-corrected chi connectivity index (χ3v) is 6.47. The van der Waals surface area contributed by atoms with Crippen molar-refractivity contribution in [2.24, 2.45) is 0 Å². The van der Waals surface area contributed by atoms with Crippen LogP contribution in [0.25, 0.3) is 27.5 Å². The highest BCUT2D eigenvalue weighted by Crippen LogP contribution is 2.52. The minimum absolute atomic E-state index is 0.394. The number of nitriles is 1. The third-order valence-electron chi connectivity index (χ3n) is 6.47. The van der Waals surface area contributed by atoms with Gasteiger partial charge in [0.15, 0.2) is 11.5 Å². The lowest BCUT2D eigenvalue weighted by atomic mass is 10.1. The molecule has 3 heterocycles. The predicted octanol–water partition coefficient (Wildman–Crippen LogP) is 7.63. The van der Waals surface area contributed by atoms with Crippen LogP contribution < -0.4 is 9.64 Å². The summed E-state index contributed by atoms with van der Waals surface area (Å²) < 4.78 is 8.48. The van der Waals surface area contributed by atoms with Gasteiger partial charge >= 0.3 is 0 Å². The fraction of sp³-hybridized carbons (Fsp3) is 0. The molecule has 0 unspecified atom stereocenters. The summed E-state index contributed by atoms with van der Waals surface area (Å²) in [6.07, 6.45) is 1.77. The lowest BCUT2D eigenvalue weighted by Gasteiger charge is -2.33. The molecular weight excluding hydrogens is 432 g/mol. The maximum absolute atomic E-state index is 9.27. The zero-order valence-corrected chi connectivity index (χ0v) is 18.6. The average Bonchev–Trinajstić information content (AvgIpc) is 3.26. The van der Waals surface area contributed by atoms with Gasteiger partial charge in [-0.3, -0.25) is 0 Å². The van der Waals surface area contributed by atoms with Crippen molar-refractivity contribution < 1.29 is 4.74 Å². The quantitative estimate of drug-likeness (QED) is 0.272. The molecule has 0 saturated heterocycles. The van der Waals surface area contributed by atoms with Crippen LogP contribution in [0.3, 0.4) is 0 Å². The van der Waals surface area contributed by atoms with Gasteiger partial charge in [0, 0.05) is 10.8 Å². The summed E-state index contributed by atoms with van der Waals surface area (Å²) in [6, 6.07) is 36.8. The van der Waals surface area contributed by atoms with E-state index < -0.39 is 0 Å². The van der Waals surface area contributed by atoms with Crippen LogP contribution in [0.1, 0.15) is 5.69 Å². The molecule has 5 nitrogen and oxygen atoms in total. The molecule has 4 aromatic carbocycles. The molecule has 0 bridgehead atoms. The summed E-state index contributed by atoms with van der Waals surface area (Å²) in [5, 5.41) is 11.6. The van der Waals surface area contributed by atoms with E-state index in [0.29, 0.717) is 5.69 Å². The van der Waals surface area contributed by atoms with Gasteiger partial charge in [-0.2, -0.15) is 5.26 Å². The Morgan fingerprint density at radius 2 is 1.31 bits per heavy atom. The maximum Gasteiger partial charge on any atom is 0.151 e. The Morgan fingerprint density at radius 3 is 2.03 bits per heavy atom. The highest BCUT2D eigenvalue weighted by molar-refractivity contribution is 6.14. The van der Waals surface area contributed by atoms with Crippen molar-refractivity contribution in [1.29, 1.82) is 5.26 Å². The predicted molar refractivity (Wildman–Crippen MR) is 138 cm³/mol.